The van der Waals surface area contributed by atoms with E-state index < -0.39 is 5.91 Å². The zero-order chi connectivity index (χ0) is 14.1. The van der Waals surface area contributed by atoms with Crippen molar-refractivity contribution in [3.05, 3.63) is 41.2 Å². The Hall–Kier alpha value is -2.47. The van der Waals surface area contributed by atoms with Gasteiger partial charge in [0.15, 0.2) is 11.5 Å². The maximum Gasteiger partial charge on any atom is 0.258 e. The van der Waals surface area contributed by atoms with Crippen LogP contribution in [0.3, 0.4) is 0 Å². The molecule has 0 atom stereocenters. The summed E-state index contributed by atoms with van der Waals surface area (Å²) in [5, 5.41) is 2.80. The molecule has 1 aromatic carbocycles. The molecule has 3 rings (SSSR count). The van der Waals surface area contributed by atoms with Crippen LogP contribution in [0.1, 0.15) is 10.4 Å². The third-order valence-corrected chi connectivity index (χ3v) is 3.04. The van der Waals surface area contributed by atoms with Gasteiger partial charge in [-0.15, -0.1) is 0 Å². The summed E-state index contributed by atoms with van der Waals surface area (Å²) in [6.07, 6.45) is 1.39. The standard InChI is InChI=1S/C13H10ClN3O3/c14-12-9(3-7(15)5-16-12)13(18)17-8-1-2-10-11(4-8)20-6-19-10/h1-5H,6,15H2,(H,17,18). The number of amides is 1. The first-order valence-corrected chi connectivity index (χ1v) is 6.13. The number of pyridine rings is 1. The summed E-state index contributed by atoms with van der Waals surface area (Å²) < 4.78 is 10.4. The number of nitrogens with one attached hydrogen (secondary N) is 1. The van der Waals surface area contributed by atoms with Crippen molar-refractivity contribution in [2.24, 2.45) is 0 Å². The van der Waals surface area contributed by atoms with E-state index in [1.54, 1.807) is 18.2 Å². The van der Waals surface area contributed by atoms with Crippen molar-refractivity contribution in [3.63, 3.8) is 0 Å². The summed E-state index contributed by atoms with van der Waals surface area (Å²) in [4.78, 5) is 16.0. The van der Waals surface area contributed by atoms with E-state index in [1.807, 2.05) is 0 Å². The number of carbonyl (C=O) groups excluding carboxylic acids is 1. The largest absolute Gasteiger partial charge is 0.454 e. The van der Waals surface area contributed by atoms with Gasteiger partial charge in [0.25, 0.3) is 5.91 Å². The van der Waals surface area contributed by atoms with E-state index in [4.69, 9.17) is 26.8 Å². The van der Waals surface area contributed by atoms with E-state index in [9.17, 15) is 4.79 Å². The Morgan fingerprint density at radius 2 is 2.10 bits per heavy atom. The minimum Gasteiger partial charge on any atom is -0.454 e. The van der Waals surface area contributed by atoms with Crippen molar-refractivity contribution in [3.8, 4) is 11.5 Å². The Kier molecular flexibility index (Phi) is 3.08. The van der Waals surface area contributed by atoms with Crippen LogP contribution in [-0.2, 0) is 0 Å². The number of ether oxygens (including phenoxy) is 2. The summed E-state index contributed by atoms with van der Waals surface area (Å²) in [5.41, 5.74) is 6.74. The first kappa shape index (κ1) is 12.6. The van der Waals surface area contributed by atoms with Crippen LogP contribution in [0.25, 0.3) is 0 Å². The number of fused-ring (bicyclic) bond motifs is 1. The number of nitrogens with two attached hydrogens (primary N) is 1. The molecule has 102 valence electrons. The van der Waals surface area contributed by atoms with Crippen LogP contribution in [0.4, 0.5) is 11.4 Å². The molecule has 1 aliphatic rings. The normalized spacial score (nSPS) is 12.2. The number of benzene rings is 1. The van der Waals surface area contributed by atoms with Crippen molar-refractivity contribution in [2.75, 3.05) is 17.8 Å². The molecule has 6 nitrogen and oxygen atoms in total. The number of aromatic nitrogens is 1. The molecule has 0 aliphatic carbocycles. The fourth-order valence-corrected chi connectivity index (χ4v) is 1.99. The monoisotopic (exact) mass is 291 g/mol. The predicted octanol–water partition coefficient (Wildman–Crippen LogP) is 2.30. The molecular weight excluding hydrogens is 282 g/mol. The predicted molar refractivity (Wildman–Crippen MR) is 74.2 cm³/mol. The lowest BCUT2D eigenvalue weighted by molar-refractivity contribution is 0.102. The van der Waals surface area contributed by atoms with Gasteiger partial charge in [0.05, 0.1) is 17.4 Å². The van der Waals surface area contributed by atoms with Gasteiger partial charge in [0.2, 0.25) is 6.79 Å². The number of halogens is 1. The van der Waals surface area contributed by atoms with Crippen molar-refractivity contribution >= 4 is 28.9 Å². The summed E-state index contributed by atoms with van der Waals surface area (Å²) in [6, 6.07) is 6.57. The SMILES string of the molecule is Nc1cnc(Cl)c(C(=O)Nc2ccc3c(c2)OCO3)c1. The van der Waals surface area contributed by atoms with Crippen molar-refractivity contribution in [2.45, 2.75) is 0 Å². The highest BCUT2D eigenvalue weighted by molar-refractivity contribution is 6.33. The molecule has 0 radical (unpaired) electrons. The molecule has 1 aromatic heterocycles. The number of carbonyl (C=O) groups is 1. The third-order valence-electron chi connectivity index (χ3n) is 2.74. The second kappa shape index (κ2) is 4.90. The lowest BCUT2D eigenvalue weighted by atomic mass is 10.2. The van der Waals surface area contributed by atoms with Gasteiger partial charge in [-0.25, -0.2) is 4.98 Å². The molecule has 0 bridgehead atoms. The summed E-state index contributed by atoms with van der Waals surface area (Å²) in [6.45, 7) is 0.178. The number of rotatable bonds is 2. The minimum absolute atomic E-state index is 0.0949. The molecule has 0 saturated heterocycles. The van der Waals surface area contributed by atoms with Crippen molar-refractivity contribution in [1.29, 1.82) is 0 Å². The van der Waals surface area contributed by atoms with E-state index in [0.717, 1.165) is 0 Å². The van der Waals surface area contributed by atoms with E-state index >= 15 is 0 Å². The fraction of sp³-hybridized carbons (Fsp3) is 0.0769. The van der Waals surface area contributed by atoms with Gasteiger partial charge >= 0.3 is 0 Å². The zero-order valence-electron chi connectivity index (χ0n) is 10.2. The molecule has 20 heavy (non-hydrogen) atoms. The molecular formula is C13H10ClN3O3. The van der Waals surface area contributed by atoms with Crippen molar-refractivity contribution < 1.29 is 14.3 Å². The zero-order valence-corrected chi connectivity index (χ0v) is 11.0. The quantitative estimate of drug-likeness (QED) is 0.829. The van der Waals surface area contributed by atoms with Crippen molar-refractivity contribution in [1.82, 2.24) is 4.98 Å². The molecule has 2 aromatic rings. The van der Waals surface area contributed by atoms with Gasteiger partial charge in [-0.3, -0.25) is 4.79 Å². The molecule has 0 saturated carbocycles. The Morgan fingerprint density at radius 3 is 2.95 bits per heavy atom. The smallest absolute Gasteiger partial charge is 0.258 e. The van der Waals surface area contributed by atoms with E-state index in [1.165, 1.54) is 12.3 Å². The van der Waals surface area contributed by atoms with Crippen LogP contribution in [0.5, 0.6) is 11.5 Å². The summed E-state index contributed by atoms with van der Waals surface area (Å²) in [7, 11) is 0. The average Bonchev–Trinajstić information content (AvgIpc) is 2.89. The Morgan fingerprint density at radius 1 is 1.30 bits per heavy atom. The van der Waals surface area contributed by atoms with Crippen LogP contribution >= 0.6 is 11.6 Å². The van der Waals surface area contributed by atoms with E-state index in [2.05, 4.69) is 10.3 Å². The van der Waals surface area contributed by atoms with Gasteiger partial charge < -0.3 is 20.5 Å². The second-order valence-corrected chi connectivity index (χ2v) is 4.49. The number of anilines is 2. The maximum atomic E-state index is 12.1. The summed E-state index contributed by atoms with van der Waals surface area (Å²) >= 11 is 5.88. The van der Waals surface area contributed by atoms with Crippen LogP contribution < -0.4 is 20.5 Å². The summed E-state index contributed by atoms with van der Waals surface area (Å²) in [5.74, 6) is 0.833. The van der Waals surface area contributed by atoms with Crippen LogP contribution in [0.2, 0.25) is 5.15 Å². The Bertz CT molecular complexity index is 691. The molecule has 1 aliphatic heterocycles. The van der Waals surface area contributed by atoms with E-state index in [-0.39, 0.29) is 17.5 Å². The average molecular weight is 292 g/mol. The molecule has 0 fully saturated rings. The fourth-order valence-electron chi connectivity index (χ4n) is 1.80. The van der Waals surface area contributed by atoms with Crippen LogP contribution in [0.15, 0.2) is 30.5 Å². The van der Waals surface area contributed by atoms with Gasteiger partial charge in [0, 0.05) is 11.8 Å². The van der Waals surface area contributed by atoms with Gasteiger partial charge in [-0.1, -0.05) is 11.6 Å². The number of nitrogens with zero attached hydrogens (tertiary/aromatic N) is 1. The minimum atomic E-state index is -0.395. The molecule has 1 amide bonds. The third kappa shape index (κ3) is 2.33. The Labute approximate surface area is 119 Å². The highest BCUT2D eigenvalue weighted by atomic mass is 35.5. The maximum absolute atomic E-state index is 12.1. The van der Waals surface area contributed by atoms with E-state index in [0.29, 0.717) is 22.9 Å². The van der Waals surface area contributed by atoms with Gasteiger partial charge in [0.1, 0.15) is 5.15 Å². The molecule has 0 spiro atoms. The second-order valence-electron chi connectivity index (χ2n) is 4.13. The lowest BCUT2D eigenvalue weighted by Crippen LogP contribution is -2.13. The highest BCUT2D eigenvalue weighted by Crippen LogP contribution is 2.34. The topological polar surface area (TPSA) is 86.5 Å². The Balaban J connectivity index is 1.84. The van der Waals surface area contributed by atoms with Gasteiger partial charge in [-0.2, -0.15) is 0 Å². The first-order valence-electron chi connectivity index (χ1n) is 5.75. The van der Waals surface area contributed by atoms with Crippen LogP contribution in [-0.4, -0.2) is 17.7 Å². The molecule has 2 heterocycles. The first-order chi connectivity index (χ1) is 9.63. The number of hydrogen-bond donors (Lipinski definition) is 2. The molecule has 3 N–H and O–H groups in total. The number of nitrogen functional groups attached to an aromatic ring is 1. The number of hydrogen-bond acceptors (Lipinski definition) is 5. The molecule has 0 unspecified atom stereocenters. The van der Waals surface area contributed by atoms with Crippen LogP contribution in [0, 0.1) is 0 Å². The highest BCUT2D eigenvalue weighted by Gasteiger charge is 2.16. The lowest BCUT2D eigenvalue weighted by Gasteiger charge is -2.07. The molecule has 7 heteroatoms. The van der Waals surface area contributed by atoms with Gasteiger partial charge in [-0.05, 0) is 18.2 Å².